The largest absolute Gasteiger partial charge is 0.434 e. The van der Waals surface area contributed by atoms with Gasteiger partial charge in [-0.1, -0.05) is 18.2 Å². The standard InChI is InChI=1S/C16H24F2N4O2S/c1-22(2)14(23)11-21-16(19-8-9-25-3)20-10-12-6-4-5-7-13(12)24-15(17)18/h4-7,15H,8-11H2,1-3H3,(H2,19,20,21). The zero-order chi connectivity index (χ0) is 18.7. The van der Waals surface area contributed by atoms with E-state index in [2.05, 4.69) is 20.4 Å². The zero-order valence-electron chi connectivity index (χ0n) is 14.6. The van der Waals surface area contributed by atoms with Gasteiger partial charge in [0.05, 0.1) is 13.1 Å². The van der Waals surface area contributed by atoms with Crippen LogP contribution >= 0.6 is 11.8 Å². The summed E-state index contributed by atoms with van der Waals surface area (Å²) in [6.07, 6.45) is 1.99. The maximum atomic E-state index is 12.5. The molecule has 0 unspecified atom stereocenters. The van der Waals surface area contributed by atoms with Gasteiger partial charge < -0.3 is 20.3 Å². The van der Waals surface area contributed by atoms with Crippen LogP contribution in [-0.2, 0) is 11.3 Å². The molecule has 0 atom stereocenters. The first-order valence-electron chi connectivity index (χ1n) is 7.68. The van der Waals surface area contributed by atoms with Crippen LogP contribution in [0.3, 0.4) is 0 Å². The van der Waals surface area contributed by atoms with E-state index in [-0.39, 0.29) is 24.7 Å². The van der Waals surface area contributed by atoms with Crippen LogP contribution in [0.4, 0.5) is 8.78 Å². The van der Waals surface area contributed by atoms with Crippen molar-refractivity contribution in [3.05, 3.63) is 29.8 Å². The normalized spacial score (nSPS) is 11.4. The summed E-state index contributed by atoms with van der Waals surface area (Å²) in [6, 6.07) is 6.50. The van der Waals surface area contributed by atoms with E-state index in [9.17, 15) is 13.6 Å². The third kappa shape index (κ3) is 8.57. The summed E-state index contributed by atoms with van der Waals surface area (Å²) >= 11 is 1.67. The number of nitrogens with zero attached hydrogens (tertiary/aromatic N) is 2. The van der Waals surface area contributed by atoms with Gasteiger partial charge in [-0.15, -0.1) is 0 Å². The molecule has 1 aromatic carbocycles. The first-order chi connectivity index (χ1) is 11.9. The molecule has 0 radical (unpaired) electrons. The van der Waals surface area contributed by atoms with Gasteiger partial charge >= 0.3 is 6.61 Å². The van der Waals surface area contributed by atoms with Crippen molar-refractivity contribution in [3.8, 4) is 5.75 Å². The fraction of sp³-hybridized carbons (Fsp3) is 0.500. The number of amides is 1. The van der Waals surface area contributed by atoms with Crippen LogP contribution in [0.5, 0.6) is 5.75 Å². The highest BCUT2D eigenvalue weighted by Crippen LogP contribution is 2.20. The molecule has 0 heterocycles. The second kappa shape index (κ2) is 11.5. The summed E-state index contributed by atoms with van der Waals surface area (Å²) in [5.41, 5.74) is 0.535. The number of carbonyl (C=O) groups is 1. The van der Waals surface area contributed by atoms with E-state index in [1.54, 1.807) is 44.1 Å². The topological polar surface area (TPSA) is 66.0 Å². The van der Waals surface area contributed by atoms with Gasteiger partial charge in [0.25, 0.3) is 0 Å². The van der Waals surface area contributed by atoms with Crippen molar-refractivity contribution < 1.29 is 18.3 Å². The van der Waals surface area contributed by atoms with Gasteiger partial charge in [-0.25, -0.2) is 4.99 Å². The average Bonchev–Trinajstić information content (AvgIpc) is 2.57. The molecular formula is C16H24F2N4O2S. The van der Waals surface area contributed by atoms with Crippen molar-refractivity contribution >= 4 is 23.6 Å². The van der Waals surface area contributed by atoms with Gasteiger partial charge in [-0.05, 0) is 12.3 Å². The van der Waals surface area contributed by atoms with Crippen LogP contribution < -0.4 is 15.4 Å². The zero-order valence-corrected chi connectivity index (χ0v) is 15.4. The lowest BCUT2D eigenvalue weighted by Crippen LogP contribution is -2.43. The second-order valence-electron chi connectivity index (χ2n) is 5.21. The summed E-state index contributed by atoms with van der Waals surface area (Å²) in [4.78, 5) is 17.5. The fourth-order valence-electron chi connectivity index (χ4n) is 1.77. The lowest BCUT2D eigenvalue weighted by molar-refractivity contribution is -0.127. The van der Waals surface area contributed by atoms with Gasteiger partial charge in [0, 0.05) is 32.0 Å². The number of halogens is 2. The molecule has 0 aromatic heterocycles. The number of ether oxygens (including phenoxy) is 1. The number of nitrogens with one attached hydrogen (secondary N) is 2. The molecule has 9 heteroatoms. The van der Waals surface area contributed by atoms with E-state index in [1.807, 2.05) is 6.26 Å². The highest BCUT2D eigenvalue weighted by Gasteiger charge is 2.10. The van der Waals surface area contributed by atoms with Crippen LogP contribution in [0.15, 0.2) is 29.3 Å². The Balaban J connectivity index is 2.78. The second-order valence-corrected chi connectivity index (χ2v) is 6.20. The Kier molecular flexibility index (Phi) is 9.68. The predicted octanol–water partition coefficient (Wildman–Crippen LogP) is 1.77. The molecule has 0 aliphatic rings. The molecule has 0 spiro atoms. The number of aliphatic imine (C=N–C) groups is 1. The highest BCUT2D eigenvalue weighted by molar-refractivity contribution is 7.98. The molecule has 0 aliphatic heterocycles. The summed E-state index contributed by atoms with van der Waals surface area (Å²) in [5.74, 6) is 1.30. The number of likely N-dealkylation sites (N-methyl/N-ethyl adjacent to an activating group) is 1. The third-order valence-corrected chi connectivity index (χ3v) is 3.71. The molecule has 0 bridgehead atoms. The van der Waals surface area contributed by atoms with E-state index in [1.165, 1.54) is 11.0 Å². The number of rotatable bonds is 9. The maximum Gasteiger partial charge on any atom is 0.387 e. The molecule has 0 saturated carbocycles. The van der Waals surface area contributed by atoms with Crippen molar-refractivity contribution in [2.24, 2.45) is 4.99 Å². The smallest absolute Gasteiger partial charge is 0.387 e. The van der Waals surface area contributed by atoms with E-state index < -0.39 is 6.61 Å². The van der Waals surface area contributed by atoms with Gasteiger partial charge in [-0.2, -0.15) is 20.5 Å². The number of thioether (sulfide) groups is 1. The first-order valence-corrected chi connectivity index (χ1v) is 9.07. The Labute approximate surface area is 151 Å². The molecule has 25 heavy (non-hydrogen) atoms. The van der Waals surface area contributed by atoms with E-state index in [4.69, 9.17) is 0 Å². The molecule has 6 nitrogen and oxygen atoms in total. The van der Waals surface area contributed by atoms with Gasteiger partial charge in [-0.3, -0.25) is 4.79 Å². The molecular weight excluding hydrogens is 350 g/mol. The number of carbonyl (C=O) groups excluding carboxylic acids is 1. The molecule has 0 fully saturated rings. The van der Waals surface area contributed by atoms with E-state index in [0.717, 1.165) is 5.75 Å². The van der Waals surface area contributed by atoms with Crippen LogP contribution in [-0.4, -0.2) is 62.6 Å². The van der Waals surface area contributed by atoms with Crippen LogP contribution in [0.25, 0.3) is 0 Å². The van der Waals surface area contributed by atoms with Crippen LogP contribution in [0.2, 0.25) is 0 Å². The van der Waals surface area contributed by atoms with Crippen molar-refractivity contribution in [2.75, 3.05) is 39.2 Å². The number of alkyl halides is 2. The third-order valence-electron chi connectivity index (χ3n) is 3.10. The molecule has 1 aromatic rings. The first kappa shape index (κ1) is 21.0. The molecule has 2 N–H and O–H groups in total. The minimum atomic E-state index is -2.89. The summed E-state index contributed by atoms with van der Waals surface area (Å²) in [6.45, 7) is -1.99. The van der Waals surface area contributed by atoms with Crippen molar-refractivity contribution in [1.29, 1.82) is 0 Å². The van der Waals surface area contributed by atoms with Crippen molar-refractivity contribution in [2.45, 2.75) is 13.2 Å². The Hall–Kier alpha value is -2.03. The van der Waals surface area contributed by atoms with Gasteiger partial charge in [0.1, 0.15) is 5.75 Å². The Morgan fingerprint density at radius 1 is 1.32 bits per heavy atom. The summed E-state index contributed by atoms with van der Waals surface area (Å²) < 4.78 is 29.4. The Bertz CT molecular complexity index is 571. The summed E-state index contributed by atoms with van der Waals surface area (Å²) in [7, 11) is 3.33. The minimum Gasteiger partial charge on any atom is -0.434 e. The predicted molar refractivity (Wildman–Crippen MR) is 97.3 cm³/mol. The maximum absolute atomic E-state index is 12.5. The monoisotopic (exact) mass is 374 g/mol. The SMILES string of the molecule is CSCCNC(=NCc1ccccc1OC(F)F)NCC(=O)N(C)C. The summed E-state index contributed by atoms with van der Waals surface area (Å²) in [5, 5.41) is 6.04. The number of guanidine groups is 1. The number of benzene rings is 1. The molecule has 0 saturated heterocycles. The molecule has 1 rings (SSSR count). The van der Waals surface area contributed by atoms with E-state index in [0.29, 0.717) is 18.1 Å². The lowest BCUT2D eigenvalue weighted by atomic mass is 10.2. The Morgan fingerprint density at radius 3 is 2.68 bits per heavy atom. The minimum absolute atomic E-state index is 0.0906. The van der Waals surface area contributed by atoms with Gasteiger partial charge in [0.15, 0.2) is 5.96 Å². The molecule has 0 aliphatic carbocycles. The molecule has 140 valence electrons. The van der Waals surface area contributed by atoms with Crippen LogP contribution in [0, 0.1) is 0 Å². The number of hydrogen-bond acceptors (Lipinski definition) is 4. The number of para-hydroxylation sites is 1. The Morgan fingerprint density at radius 2 is 2.04 bits per heavy atom. The average molecular weight is 374 g/mol. The highest BCUT2D eigenvalue weighted by atomic mass is 32.2. The van der Waals surface area contributed by atoms with Crippen LogP contribution in [0.1, 0.15) is 5.56 Å². The number of hydrogen-bond donors (Lipinski definition) is 2. The van der Waals surface area contributed by atoms with Crippen molar-refractivity contribution in [1.82, 2.24) is 15.5 Å². The lowest BCUT2D eigenvalue weighted by Gasteiger charge is -2.15. The van der Waals surface area contributed by atoms with E-state index >= 15 is 0 Å². The van der Waals surface area contributed by atoms with Gasteiger partial charge in [0.2, 0.25) is 5.91 Å². The fourth-order valence-corrected chi connectivity index (χ4v) is 2.08. The molecule has 1 amide bonds. The quantitative estimate of drug-likeness (QED) is 0.392. The van der Waals surface area contributed by atoms with Crippen molar-refractivity contribution in [3.63, 3.8) is 0 Å².